The van der Waals surface area contributed by atoms with E-state index in [9.17, 15) is 5.11 Å². The lowest BCUT2D eigenvalue weighted by atomic mass is 10.1. The number of H-pyrrole nitrogens is 1. The number of benzene rings is 1. The van der Waals surface area contributed by atoms with E-state index in [0.717, 1.165) is 16.4 Å². The molecule has 2 N–H and O–H groups in total. The number of aliphatic hydroxyl groups is 1. The van der Waals surface area contributed by atoms with E-state index >= 15 is 0 Å². The molecule has 1 aromatic carbocycles. The van der Waals surface area contributed by atoms with E-state index in [1.807, 2.05) is 24.3 Å². The molecule has 3 nitrogen and oxygen atoms in total. The third-order valence-electron chi connectivity index (χ3n) is 2.84. The quantitative estimate of drug-likeness (QED) is 0.651. The number of aromatic amines is 1. The van der Waals surface area contributed by atoms with Crippen LogP contribution in [0.25, 0.3) is 21.8 Å². The summed E-state index contributed by atoms with van der Waals surface area (Å²) in [6, 6.07) is 10.1. The molecule has 3 heteroatoms. The topological polar surface area (TPSA) is 48.9 Å². The number of nitrogens with one attached hydrogen (secondary N) is 1. The van der Waals surface area contributed by atoms with E-state index in [4.69, 9.17) is 0 Å². The van der Waals surface area contributed by atoms with Crippen LogP contribution in [0.5, 0.6) is 0 Å². The van der Waals surface area contributed by atoms with Gasteiger partial charge < -0.3 is 10.1 Å². The molecule has 3 aromatic rings. The first-order valence-corrected chi connectivity index (χ1v) is 5.30. The van der Waals surface area contributed by atoms with E-state index in [-0.39, 0.29) is 0 Å². The molecular weight excluding hydrogens is 200 g/mol. The monoisotopic (exact) mass is 212 g/mol. The molecule has 0 aliphatic rings. The molecule has 0 unspecified atom stereocenters. The van der Waals surface area contributed by atoms with Crippen molar-refractivity contribution in [1.82, 2.24) is 9.97 Å². The smallest absolute Gasteiger partial charge is 0.0932 e. The minimum atomic E-state index is -0.530. The molecule has 0 bridgehead atoms. The highest BCUT2D eigenvalue weighted by atomic mass is 16.3. The Morgan fingerprint density at radius 1 is 1.19 bits per heavy atom. The number of aromatic nitrogens is 2. The summed E-state index contributed by atoms with van der Waals surface area (Å²) in [6.45, 7) is 1.73. The summed E-state index contributed by atoms with van der Waals surface area (Å²) in [5, 5.41) is 11.8. The number of para-hydroxylation sites is 1. The van der Waals surface area contributed by atoms with E-state index in [0.29, 0.717) is 5.69 Å². The first kappa shape index (κ1) is 9.36. The summed E-state index contributed by atoms with van der Waals surface area (Å²) >= 11 is 0. The standard InChI is InChI=1S/C13H12N2O/c1-8(16)12-6-10-9-4-2-3-5-11(9)15-13(10)7-14-12/h2-8,15-16H,1H3/t8-/m1/s1. The van der Waals surface area contributed by atoms with Crippen LogP contribution in [0.1, 0.15) is 18.7 Å². The Kier molecular flexibility index (Phi) is 1.94. The van der Waals surface area contributed by atoms with Gasteiger partial charge in [0, 0.05) is 16.3 Å². The number of hydrogen-bond acceptors (Lipinski definition) is 2. The molecule has 0 saturated heterocycles. The molecule has 2 heterocycles. The van der Waals surface area contributed by atoms with E-state index in [2.05, 4.69) is 16.0 Å². The lowest BCUT2D eigenvalue weighted by Gasteiger charge is -2.02. The van der Waals surface area contributed by atoms with Crippen molar-refractivity contribution in [2.24, 2.45) is 0 Å². The van der Waals surface area contributed by atoms with Crippen LogP contribution in [0.4, 0.5) is 0 Å². The second-order valence-corrected chi connectivity index (χ2v) is 4.00. The van der Waals surface area contributed by atoms with Crippen molar-refractivity contribution in [2.45, 2.75) is 13.0 Å². The first-order chi connectivity index (χ1) is 7.75. The number of pyridine rings is 1. The van der Waals surface area contributed by atoms with E-state index in [1.54, 1.807) is 13.1 Å². The van der Waals surface area contributed by atoms with Gasteiger partial charge in [-0.25, -0.2) is 0 Å². The maximum atomic E-state index is 9.52. The molecule has 0 saturated carbocycles. The van der Waals surface area contributed by atoms with Gasteiger partial charge in [-0.3, -0.25) is 4.98 Å². The van der Waals surface area contributed by atoms with Crippen LogP contribution < -0.4 is 0 Å². The largest absolute Gasteiger partial charge is 0.387 e. The van der Waals surface area contributed by atoms with Crippen molar-refractivity contribution in [3.8, 4) is 0 Å². The van der Waals surface area contributed by atoms with Gasteiger partial charge in [0.05, 0.1) is 23.5 Å². The van der Waals surface area contributed by atoms with E-state index in [1.165, 1.54) is 5.39 Å². The predicted molar refractivity (Wildman–Crippen MR) is 64.2 cm³/mol. The lowest BCUT2D eigenvalue weighted by Crippen LogP contribution is -1.93. The van der Waals surface area contributed by atoms with Crippen molar-refractivity contribution in [2.75, 3.05) is 0 Å². The van der Waals surface area contributed by atoms with Crippen LogP contribution in [-0.4, -0.2) is 15.1 Å². The van der Waals surface area contributed by atoms with Crippen molar-refractivity contribution < 1.29 is 5.11 Å². The Labute approximate surface area is 92.7 Å². The molecule has 0 amide bonds. The highest BCUT2D eigenvalue weighted by molar-refractivity contribution is 6.06. The highest BCUT2D eigenvalue weighted by Crippen LogP contribution is 2.26. The summed E-state index contributed by atoms with van der Waals surface area (Å²) in [5.41, 5.74) is 2.81. The summed E-state index contributed by atoms with van der Waals surface area (Å²) < 4.78 is 0. The van der Waals surface area contributed by atoms with Crippen LogP contribution >= 0.6 is 0 Å². The fourth-order valence-corrected chi connectivity index (χ4v) is 1.99. The zero-order valence-corrected chi connectivity index (χ0v) is 8.94. The van der Waals surface area contributed by atoms with Crippen molar-refractivity contribution in [1.29, 1.82) is 0 Å². The second-order valence-electron chi connectivity index (χ2n) is 4.00. The fraction of sp³-hybridized carbons (Fsp3) is 0.154. The zero-order valence-electron chi connectivity index (χ0n) is 8.94. The second kappa shape index (κ2) is 3.32. The minimum Gasteiger partial charge on any atom is -0.387 e. The van der Waals surface area contributed by atoms with Gasteiger partial charge in [-0.15, -0.1) is 0 Å². The zero-order chi connectivity index (χ0) is 11.1. The Bertz CT molecular complexity index is 655. The summed E-state index contributed by atoms with van der Waals surface area (Å²) in [6.07, 6.45) is 1.25. The van der Waals surface area contributed by atoms with Crippen molar-refractivity contribution in [3.05, 3.63) is 42.2 Å². The number of hydrogen-bond donors (Lipinski definition) is 2. The lowest BCUT2D eigenvalue weighted by molar-refractivity contribution is 0.194. The molecule has 0 fully saturated rings. The number of nitrogens with zero attached hydrogens (tertiary/aromatic N) is 1. The Morgan fingerprint density at radius 2 is 2.00 bits per heavy atom. The van der Waals surface area contributed by atoms with Gasteiger partial charge in [0.25, 0.3) is 0 Å². The number of aliphatic hydroxyl groups excluding tert-OH is 1. The maximum absolute atomic E-state index is 9.52. The molecule has 0 aliphatic heterocycles. The Balaban J connectivity index is 2.40. The van der Waals surface area contributed by atoms with Crippen LogP contribution in [0.2, 0.25) is 0 Å². The van der Waals surface area contributed by atoms with Gasteiger partial charge in [0.1, 0.15) is 0 Å². The third-order valence-corrected chi connectivity index (χ3v) is 2.84. The summed E-state index contributed by atoms with van der Waals surface area (Å²) in [4.78, 5) is 7.52. The van der Waals surface area contributed by atoms with Gasteiger partial charge in [-0.05, 0) is 19.1 Å². The van der Waals surface area contributed by atoms with Gasteiger partial charge in [-0.2, -0.15) is 0 Å². The maximum Gasteiger partial charge on any atom is 0.0932 e. The first-order valence-electron chi connectivity index (χ1n) is 5.30. The molecule has 0 spiro atoms. The molecule has 0 aliphatic carbocycles. The Morgan fingerprint density at radius 3 is 2.81 bits per heavy atom. The number of fused-ring (bicyclic) bond motifs is 3. The fourth-order valence-electron chi connectivity index (χ4n) is 1.99. The van der Waals surface area contributed by atoms with E-state index < -0.39 is 6.10 Å². The highest BCUT2D eigenvalue weighted by Gasteiger charge is 2.07. The van der Waals surface area contributed by atoms with Gasteiger partial charge >= 0.3 is 0 Å². The third kappa shape index (κ3) is 1.29. The molecule has 3 rings (SSSR count). The van der Waals surface area contributed by atoms with Crippen LogP contribution in [-0.2, 0) is 0 Å². The average Bonchev–Trinajstić information content (AvgIpc) is 2.66. The normalized spacial score (nSPS) is 13.4. The predicted octanol–water partition coefficient (Wildman–Crippen LogP) is 2.77. The van der Waals surface area contributed by atoms with Crippen LogP contribution in [0.3, 0.4) is 0 Å². The van der Waals surface area contributed by atoms with Crippen LogP contribution in [0, 0.1) is 0 Å². The van der Waals surface area contributed by atoms with Crippen LogP contribution in [0.15, 0.2) is 36.5 Å². The van der Waals surface area contributed by atoms with Gasteiger partial charge in [0.2, 0.25) is 0 Å². The molecule has 80 valence electrons. The molecule has 16 heavy (non-hydrogen) atoms. The molecule has 2 aromatic heterocycles. The van der Waals surface area contributed by atoms with Crippen molar-refractivity contribution in [3.63, 3.8) is 0 Å². The van der Waals surface area contributed by atoms with Gasteiger partial charge in [0.15, 0.2) is 0 Å². The average molecular weight is 212 g/mol. The summed E-state index contributed by atoms with van der Waals surface area (Å²) in [7, 11) is 0. The van der Waals surface area contributed by atoms with Gasteiger partial charge in [-0.1, -0.05) is 18.2 Å². The Hall–Kier alpha value is -1.87. The summed E-state index contributed by atoms with van der Waals surface area (Å²) in [5.74, 6) is 0. The molecular formula is C13H12N2O. The molecule has 1 atom stereocenters. The molecule has 0 radical (unpaired) electrons. The number of rotatable bonds is 1. The SMILES string of the molecule is C[C@@H](O)c1cc2c(cn1)[nH]c1ccccc12. The minimum absolute atomic E-state index is 0.530. The van der Waals surface area contributed by atoms with Crippen molar-refractivity contribution >= 4 is 21.8 Å².